The van der Waals surface area contributed by atoms with E-state index in [0.717, 1.165) is 5.69 Å². The Morgan fingerprint density at radius 2 is 1.68 bits per heavy atom. The van der Waals surface area contributed by atoms with Crippen LogP contribution in [0.25, 0.3) is 0 Å². The normalized spacial score (nSPS) is 10.4. The summed E-state index contributed by atoms with van der Waals surface area (Å²) in [5.74, 6) is 0.548. The van der Waals surface area contributed by atoms with Gasteiger partial charge < -0.3 is 10.2 Å². The fraction of sp³-hybridized carbons (Fsp3) is 0.353. The number of hydrogen-bond acceptors (Lipinski definition) is 4. The second-order valence-electron chi connectivity index (χ2n) is 5.27. The molecule has 116 valence electrons. The number of hydrogen-bond donors (Lipinski definition) is 1. The summed E-state index contributed by atoms with van der Waals surface area (Å²) in [5, 5.41) is 3.23. The lowest BCUT2D eigenvalue weighted by atomic mass is 10.1. The van der Waals surface area contributed by atoms with Crippen molar-refractivity contribution in [3.8, 4) is 0 Å². The lowest BCUT2D eigenvalue weighted by Gasteiger charge is -2.18. The summed E-state index contributed by atoms with van der Waals surface area (Å²) in [6.45, 7) is 9.34. The van der Waals surface area contributed by atoms with Crippen molar-refractivity contribution in [1.82, 2.24) is 14.9 Å². The average molecular weight is 298 g/mol. The molecule has 1 heterocycles. The average Bonchev–Trinajstić information content (AvgIpc) is 2.47. The van der Waals surface area contributed by atoms with Crippen molar-refractivity contribution in [3.05, 3.63) is 47.4 Å². The zero-order chi connectivity index (χ0) is 16.1. The Hall–Kier alpha value is -2.43. The zero-order valence-corrected chi connectivity index (χ0v) is 13.6. The Kier molecular flexibility index (Phi) is 5.09. The molecule has 2 aromatic rings. The van der Waals surface area contributed by atoms with Gasteiger partial charge >= 0.3 is 0 Å². The first-order valence-corrected chi connectivity index (χ1v) is 7.50. The minimum atomic E-state index is -0.0733. The van der Waals surface area contributed by atoms with Crippen molar-refractivity contribution >= 4 is 17.4 Å². The van der Waals surface area contributed by atoms with Crippen LogP contribution in [0, 0.1) is 13.8 Å². The molecule has 5 heteroatoms. The highest BCUT2D eigenvalue weighted by Gasteiger charge is 2.14. The van der Waals surface area contributed by atoms with E-state index in [1.54, 1.807) is 11.0 Å². The van der Waals surface area contributed by atoms with Gasteiger partial charge in [-0.2, -0.15) is 0 Å². The molecule has 1 aromatic carbocycles. The third kappa shape index (κ3) is 3.81. The summed E-state index contributed by atoms with van der Waals surface area (Å²) in [6.07, 6.45) is 1.42. The number of rotatable bonds is 5. The molecule has 0 radical (unpaired) electrons. The Morgan fingerprint density at radius 1 is 1.05 bits per heavy atom. The molecule has 2 rings (SSSR count). The molecule has 0 spiro atoms. The van der Waals surface area contributed by atoms with Gasteiger partial charge in [-0.1, -0.05) is 6.07 Å². The Bertz CT molecular complexity index is 645. The van der Waals surface area contributed by atoms with Gasteiger partial charge in [-0.3, -0.25) is 4.79 Å². The van der Waals surface area contributed by atoms with Gasteiger partial charge in [0.25, 0.3) is 5.91 Å². The van der Waals surface area contributed by atoms with Crippen LogP contribution in [-0.4, -0.2) is 33.9 Å². The largest absolute Gasteiger partial charge is 0.340 e. The van der Waals surface area contributed by atoms with E-state index in [-0.39, 0.29) is 5.91 Å². The fourth-order valence-electron chi connectivity index (χ4n) is 2.41. The van der Waals surface area contributed by atoms with Gasteiger partial charge in [0.2, 0.25) is 0 Å². The molecule has 5 nitrogen and oxygen atoms in total. The molecule has 0 fully saturated rings. The monoisotopic (exact) mass is 298 g/mol. The second-order valence-corrected chi connectivity index (χ2v) is 5.27. The Balaban J connectivity index is 2.23. The van der Waals surface area contributed by atoms with E-state index in [1.165, 1.54) is 17.5 Å². The third-order valence-corrected chi connectivity index (χ3v) is 3.43. The van der Waals surface area contributed by atoms with E-state index < -0.39 is 0 Å². The predicted molar refractivity (Wildman–Crippen MR) is 88.5 cm³/mol. The van der Waals surface area contributed by atoms with Gasteiger partial charge in [0.05, 0.1) is 0 Å². The quantitative estimate of drug-likeness (QED) is 0.920. The van der Waals surface area contributed by atoms with Crippen LogP contribution in [0.15, 0.2) is 30.6 Å². The maximum absolute atomic E-state index is 12.3. The van der Waals surface area contributed by atoms with Gasteiger partial charge in [0, 0.05) is 24.8 Å². The molecule has 0 atom stereocenters. The van der Waals surface area contributed by atoms with E-state index >= 15 is 0 Å². The maximum atomic E-state index is 12.3. The molecular weight excluding hydrogens is 276 g/mol. The van der Waals surface area contributed by atoms with Crippen molar-refractivity contribution in [2.75, 3.05) is 18.4 Å². The van der Waals surface area contributed by atoms with E-state index in [2.05, 4.69) is 21.4 Å². The van der Waals surface area contributed by atoms with Gasteiger partial charge in [-0.05, 0) is 51.0 Å². The molecule has 0 saturated carbocycles. The van der Waals surface area contributed by atoms with Crippen LogP contribution in [0.5, 0.6) is 0 Å². The number of nitrogens with zero attached hydrogens (tertiary/aromatic N) is 3. The SMILES string of the molecule is CCN(CC)C(=O)c1cc(Nc2cc(C)cc(C)c2)ncn1. The molecule has 0 aliphatic rings. The van der Waals surface area contributed by atoms with Crippen molar-refractivity contribution in [3.63, 3.8) is 0 Å². The van der Waals surface area contributed by atoms with Crippen LogP contribution in [0.1, 0.15) is 35.5 Å². The van der Waals surface area contributed by atoms with Crippen LogP contribution >= 0.6 is 0 Å². The first-order valence-electron chi connectivity index (χ1n) is 7.50. The smallest absolute Gasteiger partial charge is 0.272 e. The lowest BCUT2D eigenvalue weighted by molar-refractivity contribution is 0.0767. The number of carbonyl (C=O) groups excluding carboxylic acids is 1. The molecular formula is C17H22N4O. The van der Waals surface area contributed by atoms with Crippen LogP contribution in [0.3, 0.4) is 0 Å². The topological polar surface area (TPSA) is 58.1 Å². The van der Waals surface area contributed by atoms with Gasteiger partial charge in [-0.25, -0.2) is 9.97 Å². The highest BCUT2D eigenvalue weighted by molar-refractivity contribution is 5.93. The first-order chi connectivity index (χ1) is 10.5. The molecule has 22 heavy (non-hydrogen) atoms. The minimum absolute atomic E-state index is 0.0733. The summed E-state index contributed by atoms with van der Waals surface area (Å²) >= 11 is 0. The third-order valence-electron chi connectivity index (χ3n) is 3.43. The number of aryl methyl sites for hydroxylation is 2. The van der Waals surface area contributed by atoms with E-state index in [4.69, 9.17) is 0 Å². The molecule has 1 N–H and O–H groups in total. The van der Waals surface area contributed by atoms with E-state index in [0.29, 0.717) is 24.6 Å². The first kappa shape index (κ1) is 15.9. The predicted octanol–water partition coefficient (Wildman–Crippen LogP) is 3.32. The number of anilines is 2. The summed E-state index contributed by atoms with van der Waals surface area (Å²) in [5.41, 5.74) is 3.72. The molecule has 0 bridgehead atoms. The molecule has 1 aromatic heterocycles. The lowest BCUT2D eigenvalue weighted by Crippen LogP contribution is -2.31. The van der Waals surface area contributed by atoms with Crippen molar-refractivity contribution in [1.29, 1.82) is 0 Å². The fourth-order valence-corrected chi connectivity index (χ4v) is 2.41. The minimum Gasteiger partial charge on any atom is -0.340 e. The van der Waals surface area contributed by atoms with Crippen LogP contribution in [0.2, 0.25) is 0 Å². The summed E-state index contributed by atoms with van der Waals surface area (Å²) in [4.78, 5) is 22.4. The summed E-state index contributed by atoms with van der Waals surface area (Å²) in [7, 11) is 0. The van der Waals surface area contributed by atoms with E-state index in [1.807, 2.05) is 39.8 Å². The van der Waals surface area contributed by atoms with Crippen molar-refractivity contribution in [2.24, 2.45) is 0 Å². The summed E-state index contributed by atoms with van der Waals surface area (Å²) < 4.78 is 0. The maximum Gasteiger partial charge on any atom is 0.272 e. The Labute approximate surface area is 131 Å². The molecule has 1 amide bonds. The number of nitrogens with one attached hydrogen (secondary N) is 1. The molecule has 0 saturated heterocycles. The highest BCUT2D eigenvalue weighted by Crippen LogP contribution is 2.18. The van der Waals surface area contributed by atoms with Gasteiger partial charge in [-0.15, -0.1) is 0 Å². The number of benzene rings is 1. The number of aromatic nitrogens is 2. The van der Waals surface area contributed by atoms with Crippen molar-refractivity contribution in [2.45, 2.75) is 27.7 Å². The van der Waals surface area contributed by atoms with Gasteiger partial charge in [0.15, 0.2) is 0 Å². The second kappa shape index (κ2) is 7.02. The molecule has 0 aliphatic carbocycles. The van der Waals surface area contributed by atoms with Crippen LogP contribution in [0.4, 0.5) is 11.5 Å². The number of amides is 1. The van der Waals surface area contributed by atoms with E-state index in [9.17, 15) is 4.79 Å². The molecule has 0 unspecified atom stereocenters. The van der Waals surface area contributed by atoms with Crippen molar-refractivity contribution < 1.29 is 4.79 Å². The van der Waals surface area contributed by atoms with Crippen LogP contribution < -0.4 is 5.32 Å². The van der Waals surface area contributed by atoms with Gasteiger partial charge in [0.1, 0.15) is 17.8 Å². The highest BCUT2D eigenvalue weighted by atomic mass is 16.2. The van der Waals surface area contributed by atoms with Crippen LogP contribution in [-0.2, 0) is 0 Å². The zero-order valence-electron chi connectivity index (χ0n) is 13.6. The number of carbonyl (C=O) groups is 1. The molecule has 0 aliphatic heterocycles. The summed E-state index contributed by atoms with van der Waals surface area (Å²) in [6, 6.07) is 7.89. The standard InChI is InChI=1S/C17H22N4O/c1-5-21(6-2)17(22)15-10-16(19-11-18-15)20-14-8-12(3)7-13(4)9-14/h7-11H,5-6H2,1-4H3,(H,18,19,20). The Morgan fingerprint density at radius 3 is 2.27 bits per heavy atom.